The second-order valence-electron chi connectivity index (χ2n) is 2.02. The average molecular weight is 110 g/mol. The molecule has 2 nitrogen and oxygen atoms in total. The zero-order valence-electron chi connectivity index (χ0n) is 5.02. The lowest BCUT2D eigenvalue weighted by molar-refractivity contribution is 0.944. The zero-order valence-corrected chi connectivity index (χ0v) is 5.02. The van der Waals surface area contributed by atoms with Crippen LogP contribution in [0.2, 0.25) is 0 Å². The highest BCUT2D eigenvalue weighted by Crippen LogP contribution is 2.10. The highest BCUT2D eigenvalue weighted by molar-refractivity contribution is 5.61. The van der Waals surface area contributed by atoms with Gasteiger partial charge in [-0.3, -0.25) is 0 Å². The van der Waals surface area contributed by atoms with Crippen molar-refractivity contribution in [3.8, 4) is 0 Å². The number of allylic oxidation sites excluding steroid dienone is 1. The van der Waals surface area contributed by atoms with Gasteiger partial charge in [-0.25, -0.2) is 4.99 Å². The molecule has 0 aromatic rings. The molecule has 2 heteroatoms. The molecule has 0 atom stereocenters. The Labute approximate surface area is 49.1 Å². The molecule has 0 radical (unpaired) electrons. The number of nitrogens with two attached hydrogens (primary N) is 1. The van der Waals surface area contributed by atoms with Crippen molar-refractivity contribution in [3.05, 3.63) is 11.4 Å². The minimum Gasteiger partial charge on any atom is -0.384 e. The van der Waals surface area contributed by atoms with Gasteiger partial charge in [0.05, 0.1) is 0 Å². The number of rotatable bonds is 0. The van der Waals surface area contributed by atoms with E-state index in [9.17, 15) is 0 Å². The van der Waals surface area contributed by atoms with Crippen LogP contribution in [-0.4, -0.2) is 6.21 Å². The summed E-state index contributed by atoms with van der Waals surface area (Å²) in [6.45, 7) is 2.02. The van der Waals surface area contributed by atoms with E-state index in [4.69, 9.17) is 5.73 Å². The third-order valence-corrected chi connectivity index (χ3v) is 1.32. The molecule has 1 aliphatic heterocycles. The summed E-state index contributed by atoms with van der Waals surface area (Å²) in [5, 5.41) is 0. The van der Waals surface area contributed by atoms with Crippen molar-refractivity contribution in [1.82, 2.24) is 0 Å². The molecule has 0 aliphatic carbocycles. The van der Waals surface area contributed by atoms with Gasteiger partial charge in [-0.1, -0.05) is 0 Å². The second-order valence-corrected chi connectivity index (χ2v) is 2.02. The molecular weight excluding hydrogens is 100 g/mol. The topological polar surface area (TPSA) is 38.4 Å². The summed E-state index contributed by atoms with van der Waals surface area (Å²) in [5.41, 5.74) is 6.68. The molecule has 0 fully saturated rings. The Morgan fingerprint density at radius 2 is 2.50 bits per heavy atom. The first kappa shape index (κ1) is 5.35. The molecule has 0 saturated carbocycles. The van der Waals surface area contributed by atoms with E-state index in [-0.39, 0.29) is 0 Å². The Hall–Kier alpha value is -0.790. The summed E-state index contributed by atoms with van der Waals surface area (Å²) < 4.78 is 0. The van der Waals surface area contributed by atoms with Gasteiger partial charge < -0.3 is 5.73 Å². The number of hydrogen-bond donors (Lipinski definition) is 1. The molecular formula is C6H10N2. The summed E-state index contributed by atoms with van der Waals surface area (Å²) in [4.78, 5) is 3.94. The van der Waals surface area contributed by atoms with Crippen LogP contribution < -0.4 is 5.73 Å². The van der Waals surface area contributed by atoms with Gasteiger partial charge in [0, 0.05) is 6.21 Å². The Morgan fingerprint density at radius 1 is 1.75 bits per heavy atom. The first-order valence-corrected chi connectivity index (χ1v) is 2.78. The standard InChI is InChI=1S/C6H10N2/c1-5-3-2-4-8-6(5)7/h4H,2-3,7H2,1H3. The molecule has 1 aliphatic rings. The van der Waals surface area contributed by atoms with E-state index < -0.39 is 0 Å². The predicted octanol–water partition coefficient (Wildman–Crippen LogP) is 1.04. The van der Waals surface area contributed by atoms with Crippen molar-refractivity contribution in [2.45, 2.75) is 19.8 Å². The van der Waals surface area contributed by atoms with Gasteiger partial charge in [-0.05, 0) is 25.3 Å². The fraction of sp³-hybridized carbons (Fsp3) is 0.500. The Bertz CT molecular complexity index is 145. The van der Waals surface area contributed by atoms with Gasteiger partial charge in [0.15, 0.2) is 0 Å². The van der Waals surface area contributed by atoms with Gasteiger partial charge in [-0.15, -0.1) is 0 Å². The molecule has 0 unspecified atom stereocenters. The third-order valence-electron chi connectivity index (χ3n) is 1.32. The van der Waals surface area contributed by atoms with Crippen LogP contribution in [0, 0.1) is 0 Å². The molecule has 0 aromatic heterocycles. The average Bonchev–Trinajstić information content (AvgIpc) is 1.77. The van der Waals surface area contributed by atoms with Gasteiger partial charge in [-0.2, -0.15) is 0 Å². The maximum absolute atomic E-state index is 5.46. The van der Waals surface area contributed by atoms with Crippen LogP contribution in [0.15, 0.2) is 16.4 Å². The van der Waals surface area contributed by atoms with E-state index in [0.717, 1.165) is 12.8 Å². The summed E-state index contributed by atoms with van der Waals surface area (Å²) >= 11 is 0. The monoisotopic (exact) mass is 110 g/mol. The maximum atomic E-state index is 5.46. The van der Waals surface area contributed by atoms with Crippen LogP contribution in [0.25, 0.3) is 0 Å². The Balaban J connectivity index is 2.76. The van der Waals surface area contributed by atoms with E-state index >= 15 is 0 Å². The van der Waals surface area contributed by atoms with Crippen LogP contribution in [0.5, 0.6) is 0 Å². The van der Waals surface area contributed by atoms with Gasteiger partial charge in [0.2, 0.25) is 0 Å². The van der Waals surface area contributed by atoms with Crippen molar-refractivity contribution >= 4 is 6.21 Å². The fourth-order valence-corrected chi connectivity index (χ4v) is 0.682. The van der Waals surface area contributed by atoms with E-state index in [2.05, 4.69) is 4.99 Å². The van der Waals surface area contributed by atoms with E-state index in [1.165, 1.54) is 5.57 Å². The molecule has 0 amide bonds. The van der Waals surface area contributed by atoms with E-state index in [0.29, 0.717) is 5.82 Å². The van der Waals surface area contributed by atoms with Gasteiger partial charge >= 0.3 is 0 Å². The molecule has 1 heterocycles. The Kier molecular flexibility index (Phi) is 1.33. The predicted molar refractivity (Wildman–Crippen MR) is 34.6 cm³/mol. The molecule has 0 aromatic carbocycles. The van der Waals surface area contributed by atoms with Crippen LogP contribution in [0.1, 0.15) is 19.8 Å². The number of nitrogens with zero attached hydrogens (tertiary/aromatic N) is 1. The van der Waals surface area contributed by atoms with Crippen molar-refractivity contribution in [2.75, 3.05) is 0 Å². The summed E-state index contributed by atoms with van der Waals surface area (Å²) in [7, 11) is 0. The maximum Gasteiger partial charge on any atom is 0.121 e. The van der Waals surface area contributed by atoms with Crippen molar-refractivity contribution in [2.24, 2.45) is 10.7 Å². The molecule has 8 heavy (non-hydrogen) atoms. The normalized spacial score (nSPS) is 19.6. The Morgan fingerprint density at radius 3 is 2.88 bits per heavy atom. The lowest BCUT2D eigenvalue weighted by Gasteiger charge is -2.04. The third kappa shape index (κ3) is 0.886. The molecule has 0 spiro atoms. The zero-order chi connectivity index (χ0) is 5.98. The fourth-order valence-electron chi connectivity index (χ4n) is 0.682. The molecule has 1 rings (SSSR count). The van der Waals surface area contributed by atoms with Crippen LogP contribution in [0.4, 0.5) is 0 Å². The molecule has 44 valence electrons. The molecule has 0 saturated heterocycles. The number of aliphatic imine (C=N–C) groups is 1. The van der Waals surface area contributed by atoms with Crippen molar-refractivity contribution < 1.29 is 0 Å². The lowest BCUT2D eigenvalue weighted by atomic mass is 10.1. The summed E-state index contributed by atoms with van der Waals surface area (Å²) in [5.74, 6) is 0.705. The van der Waals surface area contributed by atoms with Crippen LogP contribution >= 0.6 is 0 Å². The molecule has 0 bridgehead atoms. The van der Waals surface area contributed by atoms with Crippen molar-refractivity contribution in [3.63, 3.8) is 0 Å². The van der Waals surface area contributed by atoms with Crippen LogP contribution in [0.3, 0.4) is 0 Å². The minimum atomic E-state index is 0.705. The smallest absolute Gasteiger partial charge is 0.121 e. The van der Waals surface area contributed by atoms with Gasteiger partial charge in [0.25, 0.3) is 0 Å². The largest absolute Gasteiger partial charge is 0.384 e. The lowest BCUT2D eigenvalue weighted by Crippen LogP contribution is -2.02. The van der Waals surface area contributed by atoms with Crippen LogP contribution in [-0.2, 0) is 0 Å². The first-order chi connectivity index (χ1) is 3.80. The number of hydrogen-bond acceptors (Lipinski definition) is 2. The second kappa shape index (κ2) is 1.99. The van der Waals surface area contributed by atoms with Crippen molar-refractivity contribution in [1.29, 1.82) is 0 Å². The van der Waals surface area contributed by atoms with E-state index in [1.807, 2.05) is 13.1 Å². The minimum absolute atomic E-state index is 0.705. The van der Waals surface area contributed by atoms with E-state index in [1.54, 1.807) is 0 Å². The highest BCUT2D eigenvalue weighted by atomic mass is 14.9. The quantitative estimate of drug-likeness (QED) is 0.497. The molecule has 2 N–H and O–H groups in total. The highest BCUT2D eigenvalue weighted by Gasteiger charge is 1.98. The first-order valence-electron chi connectivity index (χ1n) is 2.78. The van der Waals surface area contributed by atoms with Gasteiger partial charge in [0.1, 0.15) is 5.82 Å². The summed E-state index contributed by atoms with van der Waals surface area (Å²) in [6.07, 6.45) is 3.99. The SMILES string of the molecule is CC1=C(N)N=CCC1. The summed E-state index contributed by atoms with van der Waals surface area (Å²) in [6, 6.07) is 0.